The Kier molecular flexibility index (Phi) is 7.85. The molecule has 1 heterocycles. The highest BCUT2D eigenvalue weighted by Gasteiger charge is 2.15. The number of thiocarbonyl (C=S) groups is 1. The van der Waals surface area contributed by atoms with Gasteiger partial charge in [-0.15, -0.1) is 0 Å². The fraction of sp³-hybridized carbons (Fsp3) is 0. The summed E-state index contributed by atoms with van der Waals surface area (Å²) in [6.45, 7) is 0. The number of para-hydroxylation sites is 2. The van der Waals surface area contributed by atoms with Crippen LogP contribution in [0.4, 0.5) is 17.1 Å². The van der Waals surface area contributed by atoms with Crippen molar-refractivity contribution in [2.45, 2.75) is 0 Å². The van der Waals surface area contributed by atoms with Gasteiger partial charge in [0.05, 0.1) is 22.3 Å². The maximum Gasteiger partial charge on any atom is 0.266 e. The molecule has 0 radical (unpaired) electrons. The Bertz CT molecular complexity index is 1950. The second-order valence-corrected chi connectivity index (χ2v) is 10.3. The molecule has 1 aromatic heterocycles. The van der Waals surface area contributed by atoms with E-state index in [1.807, 2.05) is 121 Å². The first-order valence-electron chi connectivity index (χ1n) is 13.2. The second-order valence-electron chi connectivity index (χ2n) is 9.44. The third kappa shape index (κ3) is 6.12. The Morgan fingerprint density at radius 1 is 0.762 bits per heavy atom. The lowest BCUT2D eigenvalue weighted by atomic mass is 10.1. The molecule has 0 aliphatic carbocycles. The fourth-order valence-electron chi connectivity index (χ4n) is 4.47. The Morgan fingerprint density at radius 2 is 1.40 bits per heavy atom. The van der Waals surface area contributed by atoms with Gasteiger partial charge < -0.3 is 10.6 Å². The number of nitrogens with zero attached hydrogens (tertiary/aromatic N) is 3. The van der Waals surface area contributed by atoms with Crippen LogP contribution in [0.15, 0.2) is 137 Å². The number of anilines is 2. The topological polar surface area (TPSA) is 71.3 Å². The Labute approximate surface area is 253 Å². The predicted octanol–water partition coefficient (Wildman–Crippen LogP) is 8.27. The molecule has 0 saturated heterocycles. The number of nitrogens with one attached hydrogen (secondary N) is 2. The fourth-order valence-corrected chi connectivity index (χ4v) is 4.83. The van der Waals surface area contributed by atoms with Gasteiger partial charge >= 0.3 is 0 Å². The van der Waals surface area contributed by atoms with Crippen LogP contribution >= 0.6 is 23.8 Å². The molecule has 2 N–H and O–H groups in total. The molecular weight excluding hydrogens is 562 g/mol. The minimum atomic E-state index is -0.151. The Balaban J connectivity index is 1.31. The highest BCUT2D eigenvalue weighted by atomic mass is 35.5. The van der Waals surface area contributed by atoms with Crippen LogP contribution in [0.1, 0.15) is 5.56 Å². The number of hydrogen-bond acceptors (Lipinski definition) is 4. The van der Waals surface area contributed by atoms with E-state index in [0.717, 1.165) is 28.2 Å². The van der Waals surface area contributed by atoms with Crippen molar-refractivity contribution in [1.29, 1.82) is 0 Å². The molecule has 8 heteroatoms. The standard InChI is InChI=1S/C34H24ClN5OS/c35-25-14-10-23(11-15-25)22-36-26-16-12-24(13-17-26)32-39-31-9-5-4-8-30(31)33(41)40(32)29-20-18-28(19-21-29)38-34(42)37-27-6-2-1-3-7-27/h1-22H,(H2,37,38,42). The first kappa shape index (κ1) is 27.1. The molecule has 0 atom stereocenters. The molecule has 0 saturated carbocycles. The number of halogens is 1. The van der Waals surface area contributed by atoms with Crippen molar-refractivity contribution in [2.24, 2.45) is 4.99 Å². The summed E-state index contributed by atoms with van der Waals surface area (Å²) in [5.74, 6) is 0.536. The van der Waals surface area contributed by atoms with E-state index in [2.05, 4.69) is 15.6 Å². The van der Waals surface area contributed by atoms with Gasteiger partial charge in [-0.2, -0.15) is 0 Å². The minimum absolute atomic E-state index is 0.151. The first-order chi connectivity index (χ1) is 20.5. The first-order valence-corrected chi connectivity index (χ1v) is 14.0. The monoisotopic (exact) mass is 585 g/mol. The van der Waals surface area contributed by atoms with E-state index in [0.29, 0.717) is 32.5 Å². The van der Waals surface area contributed by atoms with Gasteiger partial charge in [-0.3, -0.25) is 14.4 Å². The summed E-state index contributed by atoms with van der Waals surface area (Å²) in [4.78, 5) is 23.2. The van der Waals surface area contributed by atoms with Crippen LogP contribution in [0.5, 0.6) is 0 Å². The molecule has 0 bridgehead atoms. The lowest BCUT2D eigenvalue weighted by molar-refractivity contribution is 0.976. The lowest BCUT2D eigenvalue weighted by Gasteiger charge is -2.15. The van der Waals surface area contributed by atoms with Crippen LogP contribution in [0, 0.1) is 0 Å². The van der Waals surface area contributed by atoms with Gasteiger partial charge in [-0.05, 0) is 103 Å². The van der Waals surface area contributed by atoms with Crippen molar-refractivity contribution in [1.82, 2.24) is 9.55 Å². The zero-order valence-corrected chi connectivity index (χ0v) is 23.8. The third-order valence-electron chi connectivity index (χ3n) is 6.55. The molecule has 0 fully saturated rings. The maximum absolute atomic E-state index is 13.8. The molecule has 0 spiro atoms. The smallest absolute Gasteiger partial charge is 0.266 e. The van der Waals surface area contributed by atoms with Crippen molar-refractivity contribution >= 4 is 63.1 Å². The number of benzene rings is 5. The van der Waals surface area contributed by atoms with Crippen molar-refractivity contribution in [3.63, 3.8) is 0 Å². The third-order valence-corrected chi connectivity index (χ3v) is 7.01. The van der Waals surface area contributed by atoms with Gasteiger partial charge in [0.25, 0.3) is 5.56 Å². The Hall–Kier alpha value is -5.11. The van der Waals surface area contributed by atoms with Gasteiger partial charge in [-0.25, -0.2) is 4.98 Å². The quantitative estimate of drug-likeness (QED) is 0.152. The molecular formula is C34H24ClN5OS. The molecule has 0 amide bonds. The van der Waals surface area contributed by atoms with E-state index in [-0.39, 0.29) is 5.56 Å². The van der Waals surface area contributed by atoms with Gasteiger partial charge in [0.2, 0.25) is 0 Å². The summed E-state index contributed by atoms with van der Waals surface area (Å²) in [5.41, 5.74) is 5.37. The summed E-state index contributed by atoms with van der Waals surface area (Å²) in [7, 11) is 0. The summed E-state index contributed by atoms with van der Waals surface area (Å²) in [6.07, 6.45) is 1.78. The molecule has 6 aromatic rings. The van der Waals surface area contributed by atoms with E-state index >= 15 is 0 Å². The summed E-state index contributed by atoms with van der Waals surface area (Å²) < 4.78 is 1.64. The van der Waals surface area contributed by atoms with E-state index in [4.69, 9.17) is 28.8 Å². The van der Waals surface area contributed by atoms with E-state index in [9.17, 15) is 4.79 Å². The minimum Gasteiger partial charge on any atom is -0.332 e. The van der Waals surface area contributed by atoms with Crippen molar-refractivity contribution in [3.05, 3.63) is 148 Å². The number of rotatable bonds is 6. The predicted molar refractivity (Wildman–Crippen MR) is 178 cm³/mol. The van der Waals surface area contributed by atoms with Gasteiger partial charge in [0, 0.05) is 28.2 Å². The van der Waals surface area contributed by atoms with Crippen LogP contribution in [0.2, 0.25) is 5.02 Å². The SMILES string of the molecule is O=c1c2ccccc2nc(-c2ccc(N=Cc3ccc(Cl)cc3)cc2)n1-c1ccc(NC(=S)Nc2ccccc2)cc1. The van der Waals surface area contributed by atoms with Gasteiger partial charge in [-0.1, -0.05) is 54.1 Å². The molecule has 6 nitrogen and oxygen atoms in total. The van der Waals surface area contributed by atoms with Crippen LogP contribution < -0.4 is 16.2 Å². The highest BCUT2D eigenvalue weighted by molar-refractivity contribution is 7.80. The van der Waals surface area contributed by atoms with Crippen LogP contribution in [0.25, 0.3) is 28.0 Å². The number of aromatic nitrogens is 2. The lowest BCUT2D eigenvalue weighted by Crippen LogP contribution is -2.22. The molecule has 0 aliphatic heterocycles. The van der Waals surface area contributed by atoms with Crippen molar-refractivity contribution < 1.29 is 0 Å². The van der Waals surface area contributed by atoms with Gasteiger partial charge in [0.15, 0.2) is 5.11 Å². The van der Waals surface area contributed by atoms with Crippen LogP contribution in [-0.2, 0) is 0 Å². The zero-order chi connectivity index (χ0) is 28.9. The molecule has 5 aromatic carbocycles. The molecule has 6 rings (SSSR count). The zero-order valence-electron chi connectivity index (χ0n) is 22.2. The Morgan fingerprint density at radius 3 is 2.12 bits per heavy atom. The largest absolute Gasteiger partial charge is 0.332 e. The van der Waals surface area contributed by atoms with E-state index < -0.39 is 0 Å². The number of hydrogen-bond donors (Lipinski definition) is 2. The van der Waals surface area contributed by atoms with Crippen LogP contribution in [0.3, 0.4) is 0 Å². The number of fused-ring (bicyclic) bond motifs is 1. The van der Waals surface area contributed by atoms with E-state index in [1.165, 1.54) is 0 Å². The molecule has 0 unspecified atom stereocenters. The van der Waals surface area contributed by atoms with Crippen molar-refractivity contribution in [3.8, 4) is 17.1 Å². The average Bonchev–Trinajstić information content (AvgIpc) is 3.02. The molecule has 42 heavy (non-hydrogen) atoms. The summed E-state index contributed by atoms with van der Waals surface area (Å²) in [6, 6.07) is 39.7. The second kappa shape index (κ2) is 12.2. The molecule has 204 valence electrons. The highest BCUT2D eigenvalue weighted by Crippen LogP contribution is 2.25. The average molecular weight is 586 g/mol. The summed E-state index contributed by atoms with van der Waals surface area (Å²) in [5, 5.41) is 8.04. The maximum atomic E-state index is 13.8. The van der Waals surface area contributed by atoms with Gasteiger partial charge in [0.1, 0.15) is 5.82 Å². The van der Waals surface area contributed by atoms with E-state index in [1.54, 1.807) is 16.8 Å². The van der Waals surface area contributed by atoms with Crippen LogP contribution in [-0.4, -0.2) is 20.9 Å². The molecule has 0 aliphatic rings. The van der Waals surface area contributed by atoms with Crippen molar-refractivity contribution in [2.75, 3.05) is 10.6 Å². The normalized spacial score (nSPS) is 11.1. The summed E-state index contributed by atoms with van der Waals surface area (Å²) >= 11 is 11.4. The number of aliphatic imine (C=N–C) groups is 1.